The van der Waals surface area contributed by atoms with Crippen molar-refractivity contribution in [3.63, 3.8) is 0 Å². The molecular weight excluding hydrogens is 428 g/mol. The Labute approximate surface area is 196 Å². The van der Waals surface area contributed by atoms with Crippen LogP contribution in [0, 0.1) is 0 Å². The van der Waals surface area contributed by atoms with Crippen LogP contribution in [0.15, 0.2) is 103 Å². The van der Waals surface area contributed by atoms with E-state index in [0.717, 1.165) is 44.7 Å². The highest BCUT2D eigenvalue weighted by atomic mass is 35.5. The lowest BCUT2D eigenvalue weighted by Gasteiger charge is -2.22. The molecule has 1 aliphatic rings. The molecule has 33 heavy (non-hydrogen) atoms. The van der Waals surface area contributed by atoms with Gasteiger partial charge in [0.2, 0.25) is 0 Å². The summed E-state index contributed by atoms with van der Waals surface area (Å²) in [5.74, 6) is -0.492. The summed E-state index contributed by atoms with van der Waals surface area (Å²) in [6.45, 7) is 0. The maximum Gasteiger partial charge on any atom is 0.176 e. The second kappa shape index (κ2) is 7.88. The Morgan fingerprint density at radius 3 is 2.27 bits per heavy atom. The molecule has 1 unspecified atom stereocenters. The van der Waals surface area contributed by atoms with E-state index in [0.29, 0.717) is 10.6 Å². The van der Waals surface area contributed by atoms with E-state index in [1.54, 1.807) is 0 Å². The fourth-order valence-electron chi connectivity index (χ4n) is 4.66. The molecule has 0 radical (unpaired) electrons. The van der Waals surface area contributed by atoms with Gasteiger partial charge in [-0.2, -0.15) is 0 Å². The average molecular weight is 447 g/mol. The van der Waals surface area contributed by atoms with Crippen LogP contribution in [-0.4, -0.2) is 10.8 Å². The third-order valence-electron chi connectivity index (χ3n) is 6.18. The van der Waals surface area contributed by atoms with E-state index in [2.05, 4.69) is 11.4 Å². The number of carbonyl (C=O) groups is 1. The summed E-state index contributed by atoms with van der Waals surface area (Å²) < 4.78 is 0. The van der Waals surface area contributed by atoms with Crippen LogP contribution in [0.1, 0.15) is 27.4 Å². The van der Waals surface area contributed by atoms with Crippen molar-refractivity contribution in [1.29, 1.82) is 0 Å². The minimum Gasteiger partial charge on any atom is -0.354 e. The van der Waals surface area contributed by atoms with Crippen molar-refractivity contribution in [1.82, 2.24) is 4.98 Å². The van der Waals surface area contributed by atoms with Gasteiger partial charge in [0.15, 0.2) is 5.78 Å². The first-order chi connectivity index (χ1) is 16.2. The smallest absolute Gasteiger partial charge is 0.176 e. The van der Waals surface area contributed by atoms with Gasteiger partial charge < -0.3 is 5.32 Å². The molecule has 0 bridgehead atoms. The second-order valence-corrected chi connectivity index (χ2v) is 8.59. The molecule has 0 amide bonds. The molecule has 1 aromatic heterocycles. The summed E-state index contributed by atoms with van der Waals surface area (Å²) in [5.41, 5.74) is 6.80. The number of Topliss-reactive ketones (excluding diaryl/α,β-unsaturated/α-hetero) is 1. The number of para-hydroxylation sites is 2. The molecule has 3 nitrogen and oxygen atoms in total. The molecular formula is C29H19ClN2O. The molecule has 4 aromatic carbocycles. The summed E-state index contributed by atoms with van der Waals surface area (Å²) in [7, 11) is 0. The molecule has 0 aliphatic carbocycles. The maximum atomic E-state index is 14.1. The molecule has 2 heterocycles. The molecule has 4 heteroatoms. The fraction of sp³-hybridized carbons (Fsp3) is 0.0345. The lowest BCUT2D eigenvalue weighted by atomic mass is 9.82. The number of carbonyl (C=O) groups excluding carboxylic acids is 1. The van der Waals surface area contributed by atoms with Crippen molar-refractivity contribution in [3.8, 4) is 11.3 Å². The average Bonchev–Trinajstić information content (AvgIpc) is 2.99. The number of pyridine rings is 1. The first-order valence-corrected chi connectivity index (χ1v) is 11.2. The Balaban J connectivity index is 1.76. The summed E-state index contributed by atoms with van der Waals surface area (Å²) in [4.78, 5) is 19.2. The quantitative estimate of drug-likeness (QED) is 0.303. The molecule has 1 aliphatic heterocycles. The second-order valence-electron chi connectivity index (χ2n) is 8.15. The van der Waals surface area contributed by atoms with Crippen LogP contribution in [-0.2, 0) is 0 Å². The van der Waals surface area contributed by atoms with E-state index in [1.165, 1.54) is 0 Å². The van der Waals surface area contributed by atoms with Crippen LogP contribution in [0.25, 0.3) is 22.2 Å². The standard InChI is InChI=1S/C29H19ClN2O/c30-20-16-14-18(15-17-20)25-26-27(19-8-2-1-3-9-19)31-23-12-6-4-10-21(23)28(26)32-24-13-7-5-11-22(24)29(25)33/h1-17,25,32H. The first-order valence-electron chi connectivity index (χ1n) is 10.8. The van der Waals surface area contributed by atoms with Gasteiger partial charge in [0.05, 0.1) is 22.8 Å². The Bertz CT molecular complexity index is 1510. The van der Waals surface area contributed by atoms with Crippen molar-refractivity contribution in [2.45, 2.75) is 5.92 Å². The minimum atomic E-state index is -0.527. The minimum absolute atomic E-state index is 0.0356. The van der Waals surface area contributed by atoms with Crippen LogP contribution in [0.3, 0.4) is 0 Å². The van der Waals surface area contributed by atoms with Gasteiger partial charge in [-0.05, 0) is 35.9 Å². The normalized spacial score (nSPS) is 14.8. The van der Waals surface area contributed by atoms with E-state index in [9.17, 15) is 4.79 Å². The van der Waals surface area contributed by atoms with Crippen molar-refractivity contribution in [2.24, 2.45) is 0 Å². The zero-order valence-corrected chi connectivity index (χ0v) is 18.4. The molecule has 0 saturated carbocycles. The van der Waals surface area contributed by atoms with Crippen LogP contribution in [0.2, 0.25) is 5.02 Å². The van der Waals surface area contributed by atoms with Crippen LogP contribution in [0.5, 0.6) is 0 Å². The van der Waals surface area contributed by atoms with Gasteiger partial charge in [-0.1, -0.05) is 84.4 Å². The number of ketones is 1. The van der Waals surface area contributed by atoms with Gasteiger partial charge in [-0.15, -0.1) is 0 Å². The van der Waals surface area contributed by atoms with E-state index in [1.807, 2.05) is 97.1 Å². The third-order valence-corrected chi connectivity index (χ3v) is 6.44. The number of hydrogen-bond donors (Lipinski definition) is 1. The number of nitrogens with one attached hydrogen (secondary N) is 1. The van der Waals surface area contributed by atoms with E-state index < -0.39 is 5.92 Å². The number of halogens is 1. The van der Waals surface area contributed by atoms with Crippen LogP contribution in [0.4, 0.5) is 11.4 Å². The summed E-state index contributed by atoms with van der Waals surface area (Å²) in [6.07, 6.45) is 0. The third kappa shape index (κ3) is 3.29. The Hall–Kier alpha value is -3.95. The predicted molar refractivity (Wildman–Crippen MR) is 135 cm³/mol. The number of rotatable bonds is 2. The number of nitrogens with zero attached hydrogens (tertiary/aromatic N) is 1. The Morgan fingerprint density at radius 2 is 1.45 bits per heavy atom. The van der Waals surface area contributed by atoms with Gasteiger partial charge in [0.1, 0.15) is 0 Å². The van der Waals surface area contributed by atoms with Gasteiger partial charge >= 0.3 is 0 Å². The molecule has 0 spiro atoms. The zero-order valence-electron chi connectivity index (χ0n) is 17.6. The highest BCUT2D eigenvalue weighted by Gasteiger charge is 2.35. The lowest BCUT2D eigenvalue weighted by Crippen LogP contribution is -2.15. The topological polar surface area (TPSA) is 42.0 Å². The van der Waals surface area contributed by atoms with Crippen molar-refractivity contribution in [3.05, 3.63) is 125 Å². The molecule has 1 N–H and O–H groups in total. The molecule has 158 valence electrons. The van der Waals surface area contributed by atoms with Gasteiger partial charge in [0, 0.05) is 32.8 Å². The van der Waals surface area contributed by atoms with E-state index in [4.69, 9.17) is 16.6 Å². The Morgan fingerprint density at radius 1 is 0.758 bits per heavy atom. The molecule has 0 saturated heterocycles. The van der Waals surface area contributed by atoms with Crippen LogP contribution >= 0.6 is 11.6 Å². The number of benzene rings is 4. The Kier molecular flexibility index (Phi) is 4.70. The SMILES string of the molecule is O=C1c2ccccc2Nc2c(c(-c3ccccc3)nc3ccccc23)C1c1ccc(Cl)cc1. The number of aromatic nitrogens is 1. The number of anilines is 2. The molecule has 0 fully saturated rings. The largest absolute Gasteiger partial charge is 0.354 e. The monoisotopic (exact) mass is 446 g/mol. The van der Waals surface area contributed by atoms with E-state index >= 15 is 0 Å². The summed E-state index contributed by atoms with van der Waals surface area (Å²) in [5, 5.41) is 5.23. The molecule has 1 atom stereocenters. The number of hydrogen-bond acceptors (Lipinski definition) is 3. The fourth-order valence-corrected chi connectivity index (χ4v) is 4.79. The van der Waals surface area contributed by atoms with Crippen molar-refractivity contribution >= 4 is 39.7 Å². The van der Waals surface area contributed by atoms with Gasteiger partial charge in [-0.25, -0.2) is 4.98 Å². The highest BCUT2D eigenvalue weighted by molar-refractivity contribution is 6.30. The van der Waals surface area contributed by atoms with Crippen molar-refractivity contribution < 1.29 is 4.79 Å². The molecule has 5 aromatic rings. The number of fused-ring (bicyclic) bond motifs is 4. The first kappa shape index (κ1) is 19.7. The van der Waals surface area contributed by atoms with Gasteiger partial charge in [-0.3, -0.25) is 4.79 Å². The summed E-state index contributed by atoms with van der Waals surface area (Å²) >= 11 is 6.20. The lowest BCUT2D eigenvalue weighted by molar-refractivity contribution is 0.0975. The molecule has 6 rings (SSSR count). The predicted octanol–water partition coefficient (Wildman–Crippen LogP) is 7.63. The maximum absolute atomic E-state index is 14.1. The van der Waals surface area contributed by atoms with Crippen molar-refractivity contribution in [2.75, 3.05) is 5.32 Å². The summed E-state index contributed by atoms with van der Waals surface area (Å²) in [6, 6.07) is 33.4. The highest BCUT2D eigenvalue weighted by Crippen LogP contribution is 2.46. The van der Waals surface area contributed by atoms with E-state index in [-0.39, 0.29) is 5.78 Å². The van der Waals surface area contributed by atoms with Gasteiger partial charge in [0.25, 0.3) is 0 Å². The zero-order chi connectivity index (χ0) is 22.4. The van der Waals surface area contributed by atoms with Crippen LogP contribution < -0.4 is 5.32 Å².